The molecule has 0 saturated carbocycles. The molecule has 0 N–H and O–H groups in total. The third kappa shape index (κ3) is 27.3. The molecule has 0 fully saturated rings. The summed E-state index contributed by atoms with van der Waals surface area (Å²) in [4.78, 5) is 10.5. The summed E-state index contributed by atoms with van der Waals surface area (Å²) >= 11 is 2.22. The van der Waals surface area contributed by atoms with Gasteiger partial charge in [-0.05, 0) is 51.2 Å². The normalized spacial score (nSPS) is 15.6. The quantitative estimate of drug-likeness (QED) is 0.309. The van der Waals surface area contributed by atoms with Crippen molar-refractivity contribution in [1.82, 2.24) is 0 Å². The SMILES string of the molecule is CC(F)SC(=O)SC(C)F.CC(F)SC(=[N-])SC(C)F.[K+]. The maximum Gasteiger partial charge on any atom is 1.00 e. The van der Waals surface area contributed by atoms with Crippen LogP contribution in [0.5, 0.6) is 0 Å². The number of rotatable bonds is 4. The first-order chi connectivity index (χ1) is 9.04. The maximum atomic E-state index is 12.0. The predicted octanol–water partition coefficient (Wildman–Crippen LogP) is 3.22. The first-order valence-electron chi connectivity index (χ1n) is 5.37. The van der Waals surface area contributed by atoms with Crippen molar-refractivity contribution in [3.63, 3.8) is 0 Å². The van der Waals surface area contributed by atoms with E-state index in [9.17, 15) is 22.4 Å². The van der Waals surface area contributed by atoms with Crippen LogP contribution in [0.2, 0.25) is 0 Å². The molecule has 0 heterocycles. The van der Waals surface area contributed by atoms with E-state index in [1.807, 2.05) is 0 Å². The van der Waals surface area contributed by atoms with Crippen LogP contribution in [0.15, 0.2) is 0 Å². The van der Waals surface area contributed by atoms with Gasteiger partial charge in [0.05, 0.1) is 0 Å². The Morgan fingerprint density at radius 2 is 1.00 bits per heavy atom. The third-order valence-corrected chi connectivity index (χ3v) is 4.29. The van der Waals surface area contributed by atoms with Crippen LogP contribution in [-0.2, 0) is 0 Å². The average molecular weight is 410 g/mol. The minimum Gasteiger partial charge on any atom is -0.792 e. The third-order valence-electron chi connectivity index (χ3n) is 1.04. The van der Waals surface area contributed by atoms with Gasteiger partial charge in [0.25, 0.3) is 4.45 Å². The second kappa shape index (κ2) is 16.9. The molecule has 0 aromatic rings. The van der Waals surface area contributed by atoms with E-state index >= 15 is 0 Å². The molecule has 21 heavy (non-hydrogen) atoms. The molecular weight excluding hydrogens is 393 g/mol. The molecule has 4 atom stereocenters. The van der Waals surface area contributed by atoms with Crippen LogP contribution in [0, 0.1) is 0 Å². The van der Waals surface area contributed by atoms with Gasteiger partial charge in [-0.3, -0.25) is 4.79 Å². The Kier molecular flexibility index (Phi) is 22.5. The van der Waals surface area contributed by atoms with Crippen molar-refractivity contribution in [2.24, 2.45) is 0 Å². The molecule has 0 aliphatic rings. The Balaban J connectivity index is -0.000000295. The van der Waals surface area contributed by atoms with Crippen molar-refractivity contribution in [1.29, 1.82) is 0 Å². The molecule has 0 rings (SSSR count). The van der Waals surface area contributed by atoms with Gasteiger partial charge < -0.3 is 5.41 Å². The number of hydrogen-bond donors (Lipinski definition) is 0. The number of nitrogens with zero attached hydrogens (tertiary/aromatic N) is 1. The summed E-state index contributed by atoms with van der Waals surface area (Å²) in [6.07, 6.45) is 0. The van der Waals surface area contributed by atoms with Crippen LogP contribution in [0.4, 0.5) is 22.4 Å². The minimum absolute atomic E-state index is 0. The molecule has 11 heteroatoms. The topological polar surface area (TPSA) is 39.4 Å². The monoisotopic (exact) mass is 409 g/mol. The van der Waals surface area contributed by atoms with Gasteiger partial charge in [0.15, 0.2) is 11.0 Å². The van der Waals surface area contributed by atoms with Gasteiger partial charge in [-0.25, -0.2) is 17.6 Å². The van der Waals surface area contributed by atoms with Crippen LogP contribution in [0.3, 0.4) is 0 Å². The van der Waals surface area contributed by atoms with E-state index in [1.54, 1.807) is 0 Å². The van der Waals surface area contributed by atoms with Crippen molar-refractivity contribution in [2.75, 3.05) is 0 Å². The largest absolute Gasteiger partial charge is 1.00 e. The van der Waals surface area contributed by atoms with Gasteiger partial charge in [-0.1, -0.05) is 4.38 Å². The molecule has 0 aromatic carbocycles. The fraction of sp³-hybridized carbons (Fsp3) is 0.800. The number of hydrogen-bond acceptors (Lipinski definition) is 5. The second-order valence-electron chi connectivity index (χ2n) is 3.16. The Morgan fingerprint density at radius 3 is 1.19 bits per heavy atom. The molecule has 2 nitrogen and oxygen atoms in total. The Bertz CT molecular complexity index is 244. The van der Waals surface area contributed by atoms with E-state index in [4.69, 9.17) is 5.41 Å². The number of thioether (sulfide) groups is 4. The average Bonchev–Trinajstić information content (AvgIpc) is 2.11. The standard InChI is InChI=1S/C5H8F2NS2.C5H8F2OS2.K/c2*1-3(6)9-5(8)10-4(2)7;/h2*3-4H,1-2H3;/q-1;;+1. The zero-order valence-corrected chi connectivity index (χ0v) is 18.7. The van der Waals surface area contributed by atoms with E-state index in [-0.39, 0.29) is 55.8 Å². The summed E-state index contributed by atoms with van der Waals surface area (Å²) in [6, 6.07) is 0. The minimum atomic E-state index is -1.25. The smallest absolute Gasteiger partial charge is 0.792 e. The van der Waals surface area contributed by atoms with Gasteiger partial charge in [-0.2, -0.15) is 0 Å². The van der Waals surface area contributed by atoms with Crippen molar-refractivity contribution < 1.29 is 73.7 Å². The summed E-state index contributed by atoms with van der Waals surface area (Å²) in [7, 11) is 0. The summed E-state index contributed by atoms with van der Waals surface area (Å²) in [5, 5.41) is 8.75. The number of carbonyl (C=O) groups is 1. The van der Waals surface area contributed by atoms with Crippen LogP contribution in [0.25, 0.3) is 5.41 Å². The number of alkyl halides is 4. The summed E-state index contributed by atoms with van der Waals surface area (Å²) < 4.78 is 47.3. The van der Waals surface area contributed by atoms with Gasteiger partial charge in [0, 0.05) is 0 Å². The fourth-order valence-corrected chi connectivity index (χ4v) is 3.72. The molecule has 0 saturated heterocycles. The van der Waals surface area contributed by atoms with Gasteiger partial charge >= 0.3 is 51.4 Å². The summed E-state index contributed by atoms with van der Waals surface area (Å²) in [5.74, 6) is 0. The van der Waals surface area contributed by atoms with Crippen LogP contribution < -0.4 is 51.4 Å². The van der Waals surface area contributed by atoms with Crippen LogP contribution in [0.1, 0.15) is 27.7 Å². The first kappa shape index (κ1) is 27.9. The van der Waals surface area contributed by atoms with Crippen molar-refractivity contribution >= 4 is 55.9 Å². The predicted molar refractivity (Wildman–Crippen MR) is 86.4 cm³/mol. The first-order valence-corrected chi connectivity index (χ1v) is 8.89. The molecule has 0 radical (unpaired) electrons. The fourth-order valence-electron chi connectivity index (χ4n) is 0.599. The van der Waals surface area contributed by atoms with Crippen LogP contribution >= 0.6 is 47.0 Å². The molecule has 0 aliphatic carbocycles. The molecular formula is C10H16F4KNOS4. The summed E-state index contributed by atoms with van der Waals surface area (Å²) in [6.45, 7) is 5.05. The Morgan fingerprint density at radius 1 is 0.762 bits per heavy atom. The van der Waals surface area contributed by atoms with E-state index < -0.39 is 26.5 Å². The van der Waals surface area contributed by atoms with Crippen molar-refractivity contribution in [3.05, 3.63) is 5.41 Å². The number of carbonyl (C=O) groups excluding carboxylic acids is 1. The number of halogens is 4. The van der Waals surface area contributed by atoms with Crippen LogP contribution in [-0.4, -0.2) is 30.8 Å². The molecule has 0 bridgehead atoms. The Hall–Kier alpha value is 2.10. The zero-order valence-electron chi connectivity index (χ0n) is 12.3. The molecule has 0 aromatic heterocycles. The van der Waals surface area contributed by atoms with E-state index in [0.29, 0.717) is 47.0 Å². The molecule has 120 valence electrons. The van der Waals surface area contributed by atoms with Crippen molar-refractivity contribution in [3.8, 4) is 0 Å². The molecule has 0 aliphatic heterocycles. The molecule has 4 unspecified atom stereocenters. The van der Waals surface area contributed by atoms with Crippen molar-refractivity contribution in [2.45, 2.75) is 49.7 Å². The van der Waals surface area contributed by atoms with E-state index in [2.05, 4.69) is 0 Å². The molecule has 0 spiro atoms. The molecule has 0 amide bonds. The van der Waals surface area contributed by atoms with Gasteiger partial charge in [-0.15, -0.1) is 23.5 Å². The van der Waals surface area contributed by atoms with E-state index in [1.165, 1.54) is 27.7 Å². The second-order valence-corrected chi connectivity index (χ2v) is 8.73. The Labute approximate surface area is 182 Å². The van der Waals surface area contributed by atoms with E-state index in [0.717, 1.165) is 0 Å². The van der Waals surface area contributed by atoms with Gasteiger partial charge in [0.2, 0.25) is 0 Å². The maximum absolute atomic E-state index is 12.0. The zero-order chi connectivity index (χ0) is 16.3. The summed E-state index contributed by atoms with van der Waals surface area (Å²) in [5.41, 5.74) is -4.88. The van der Waals surface area contributed by atoms with Gasteiger partial charge in [0.1, 0.15) is 11.0 Å².